The van der Waals surface area contributed by atoms with Crippen LogP contribution in [-0.2, 0) is 4.79 Å². The number of rotatable bonds is 3. The number of likely N-dealkylation sites (tertiary alicyclic amines) is 1. The largest absolute Gasteiger partial charge is 0.421 e. The Hall–Kier alpha value is -2.94. The quantitative estimate of drug-likeness (QED) is 0.859. The number of hydrogen-bond acceptors (Lipinski definition) is 5. The van der Waals surface area contributed by atoms with E-state index in [0.29, 0.717) is 17.3 Å². The molecule has 6 heteroatoms. The van der Waals surface area contributed by atoms with Gasteiger partial charge in [0.05, 0.1) is 17.6 Å². The van der Waals surface area contributed by atoms with E-state index in [1.54, 1.807) is 25.1 Å². The molecule has 1 saturated heterocycles. The summed E-state index contributed by atoms with van der Waals surface area (Å²) in [5.41, 5.74) is 1.50. The van der Waals surface area contributed by atoms with E-state index in [1.807, 2.05) is 30.0 Å². The molecule has 2 aromatic rings. The van der Waals surface area contributed by atoms with Crippen LogP contribution in [0.1, 0.15) is 55.5 Å². The zero-order valence-electron chi connectivity index (χ0n) is 14.3. The minimum atomic E-state index is 0.0517. The summed E-state index contributed by atoms with van der Waals surface area (Å²) in [5, 5.41) is 17.2. The van der Waals surface area contributed by atoms with Crippen LogP contribution in [0.5, 0.6) is 0 Å². The van der Waals surface area contributed by atoms with Gasteiger partial charge in [-0.25, -0.2) is 0 Å². The number of aromatic nitrogens is 2. The smallest absolute Gasteiger partial charge is 0.240 e. The predicted molar refractivity (Wildman–Crippen MR) is 93.2 cm³/mol. The van der Waals surface area contributed by atoms with Crippen molar-refractivity contribution in [2.45, 2.75) is 38.6 Å². The number of nitrogens with zero attached hydrogens (tertiary/aromatic N) is 4. The molecule has 0 radical (unpaired) electrons. The van der Waals surface area contributed by atoms with Crippen LogP contribution in [0, 0.1) is 11.3 Å². The van der Waals surface area contributed by atoms with E-state index < -0.39 is 0 Å². The summed E-state index contributed by atoms with van der Waals surface area (Å²) >= 11 is 0. The van der Waals surface area contributed by atoms with Crippen molar-refractivity contribution in [3.63, 3.8) is 0 Å². The molecule has 0 spiro atoms. The normalized spacial score (nSPS) is 20.6. The lowest BCUT2D eigenvalue weighted by Crippen LogP contribution is -2.44. The van der Waals surface area contributed by atoms with Gasteiger partial charge in [-0.3, -0.25) is 4.79 Å². The van der Waals surface area contributed by atoms with E-state index >= 15 is 0 Å². The first-order valence-electron chi connectivity index (χ1n) is 8.37. The summed E-state index contributed by atoms with van der Waals surface area (Å²) < 4.78 is 5.79. The first-order valence-corrected chi connectivity index (χ1v) is 8.37. The van der Waals surface area contributed by atoms with Gasteiger partial charge in [0.2, 0.25) is 17.7 Å². The standard InChI is InChI=1S/C19H20N4O2/c1-13-17(7-4-10-23(13)14(2)24)19-22-21-18(25-19)9-8-15-5-3-6-16(11-15)12-20/h3,5-6,8-9,11,13,17H,4,7,10H2,1-2H3/b9-8+/t13-,17-/m0/s1. The summed E-state index contributed by atoms with van der Waals surface area (Å²) in [6, 6.07) is 9.45. The van der Waals surface area contributed by atoms with Gasteiger partial charge in [-0.05, 0) is 43.5 Å². The first-order chi connectivity index (χ1) is 12.1. The zero-order valence-corrected chi connectivity index (χ0v) is 14.3. The molecule has 1 aliphatic heterocycles. The van der Waals surface area contributed by atoms with Gasteiger partial charge in [0.1, 0.15) is 0 Å². The Labute approximate surface area is 146 Å². The molecule has 2 atom stereocenters. The third-order valence-corrected chi connectivity index (χ3v) is 4.60. The number of carbonyl (C=O) groups is 1. The van der Waals surface area contributed by atoms with Gasteiger partial charge in [-0.15, -0.1) is 10.2 Å². The fourth-order valence-corrected chi connectivity index (χ4v) is 3.26. The molecule has 1 aromatic heterocycles. The minimum Gasteiger partial charge on any atom is -0.421 e. The van der Waals surface area contributed by atoms with Crippen molar-refractivity contribution in [3.8, 4) is 6.07 Å². The molecule has 2 heterocycles. The summed E-state index contributed by atoms with van der Waals surface area (Å²) in [7, 11) is 0. The predicted octanol–water partition coefficient (Wildman–Crippen LogP) is 3.23. The molecular weight excluding hydrogens is 316 g/mol. The summed E-state index contributed by atoms with van der Waals surface area (Å²) in [4.78, 5) is 13.6. The number of amides is 1. The van der Waals surface area contributed by atoms with Crippen molar-refractivity contribution in [2.75, 3.05) is 6.54 Å². The maximum absolute atomic E-state index is 11.7. The molecule has 128 valence electrons. The third kappa shape index (κ3) is 3.77. The van der Waals surface area contributed by atoms with Crippen molar-refractivity contribution in [3.05, 3.63) is 47.2 Å². The Bertz CT molecular complexity index is 834. The highest BCUT2D eigenvalue weighted by molar-refractivity contribution is 5.73. The molecule has 1 amide bonds. The van der Waals surface area contributed by atoms with E-state index in [0.717, 1.165) is 24.9 Å². The van der Waals surface area contributed by atoms with Crippen molar-refractivity contribution < 1.29 is 9.21 Å². The Morgan fingerprint density at radius 1 is 1.40 bits per heavy atom. The number of hydrogen-bond donors (Lipinski definition) is 0. The molecule has 1 fully saturated rings. The second kappa shape index (κ2) is 7.31. The molecule has 0 unspecified atom stereocenters. The highest BCUT2D eigenvalue weighted by Crippen LogP contribution is 2.32. The van der Waals surface area contributed by atoms with Crippen molar-refractivity contribution >= 4 is 18.1 Å². The molecule has 1 aliphatic rings. The summed E-state index contributed by atoms with van der Waals surface area (Å²) in [6.45, 7) is 4.40. The minimum absolute atomic E-state index is 0.0517. The summed E-state index contributed by atoms with van der Waals surface area (Å²) in [6.07, 6.45) is 5.44. The van der Waals surface area contributed by atoms with E-state index in [-0.39, 0.29) is 17.9 Å². The fraction of sp³-hybridized carbons (Fsp3) is 0.368. The van der Waals surface area contributed by atoms with Crippen LogP contribution < -0.4 is 0 Å². The van der Waals surface area contributed by atoms with Gasteiger partial charge >= 0.3 is 0 Å². The molecule has 0 saturated carbocycles. The highest BCUT2D eigenvalue weighted by Gasteiger charge is 2.33. The van der Waals surface area contributed by atoms with Gasteiger partial charge in [0, 0.05) is 25.6 Å². The number of piperidine rings is 1. The van der Waals surface area contributed by atoms with Crippen LogP contribution in [0.15, 0.2) is 28.7 Å². The van der Waals surface area contributed by atoms with Crippen LogP contribution in [0.4, 0.5) is 0 Å². The molecule has 25 heavy (non-hydrogen) atoms. The van der Waals surface area contributed by atoms with E-state index in [4.69, 9.17) is 9.68 Å². The van der Waals surface area contributed by atoms with Gasteiger partial charge in [-0.1, -0.05) is 12.1 Å². The van der Waals surface area contributed by atoms with Gasteiger partial charge in [0.15, 0.2) is 0 Å². The van der Waals surface area contributed by atoms with Crippen molar-refractivity contribution in [1.29, 1.82) is 5.26 Å². The monoisotopic (exact) mass is 336 g/mol. The van der Waals surface area contributed by atoms with Crippen LogP contribution in [0.3, 0.4) is 0 Å². The second-order valence-corrected chi connectivity index (χ2v) is 6.25. The molecule has 3 rings (SSSR count). The van der Waals surface area contributed by atoms with Crippen LogP contribution in [0.25, 0.3) is 12.2 Å². The van der Waals surface area contributed by atoms with Crippen LogP contribution in [-0.4, -0.2) is 33.6 Å². The van der Waals surface area contributed by atoms with Gasteiger partial charge in [0.25, 0.3) is 0 Å². The van der Waals surface area contributed by atoms with Crippen LogP contribution >= 0.6 is 0 Å². The summed E-state index contributed by atoms with van der Waals surface area (Å²) in [5.74, 6) is 1.14. The lowest BCUT2D eigenvalue weighted by molar-refractivity contribution is -0.132. The first kappa shape index (κ1) is 16.9. The number of nitriles is 1. The zero-order chi connectivity index (χ0) is 17.8. The van der Waals surface area contributed by atoms with Crippen LogP contribution in [0.2, 0.25) is 0 Å². The molecule has 0 bridgehead atoms. The molecular formula is C19H20N4O2. The number of benzene rings is 1. The molecule has 6 nitrogen and oxygen atoms in total. The lowest BCUT2D eigenvalue weighted by atomic mass is 9.90. The van der Waals surface area contributed by atoms with E-state index in [1.165, 1.54) is 0 Å². The molecule has 1 aromatic carbocycles. The lowest BCUT2D eigenvalue weighted by Gasteiger charge is -2.37. The fourth-order valence-electron chi connectivity index (χ4n) is 3.26. The average molecular weight is 336 g/mol. The Balaban J connectivity index is 1.75. The third-order valence-electron chi connectivity index (χ3n) is 4.60. The average Bonchev–Trinajstić information content (AvgIpc) is 3.09. The Kier molecular flexibility index (Phi) is 4.94. The maximum Gasteiger partial charge on any atom is 0.240 e. The number of carbonyl (C=O) groups excluding carboxylic acids is 1. The Morgan fingerprint density at radius 2 is 2.24 bits per heavy atom. The Morgan fingerprint density at radius 3 is 3.00 bits per heavy atom. The van der Waals surface area contributed by atoms with Gasteiger partial charge < -0.3 is 9.32 Å². The molecule has 0 N–H and O–H groups in total. The SMILES string of the molecule is CC(=O)N1CCC[C@H](c2nnc(/C=C/c3cccc(C#N)c3)o2)[C@@H]1C. The van der Waals surface area contributed by atoms with Crippen molar-refractivity contribution in [2.24, 2.45) is 0 Å². The van der Waals surface area contributed by atoms with Crippen molar-refractivity contribution in [1.82, 2.24) is 15.1 Å². The van der Waals surface area contributed by atoms with E-state index in [9.17, 15) is 4.79 Å². The van der Waals surface area contributed by atoms with E-state index in [2.05, 4.69) is 16.3 Å². The maximum atomic E-state index is 11.7. The van der Waals surface area contributed by atoms with Gasteiger partial charge in [-0.2, -0.15) is 5.26 Å². The highest BCUT2D eigenvalue weighted by atomic mass is 16.4. The molecule has 0 aliphatic carbocycles. The topological polar surface area (TPSA) is 83.0 Å². The second-order valence-electron chi connectivity index (χ2n) is 6.25.